The molecule has 3 heterocycles. The van der Waals surface area contributed by atoms with Crippen LogP contribution in [0, 0.1) is 0 Å². The molecule has 1 unspecified atom stereocenters. The zero-order chi connectivity index (χ0) is 18.1. The number of carbonyl (C=O) groups excluding carboxylic acids is 1. The van der Waals surface area contributed by atoms with E-state index in [1.165, 1.54) is 0 Å². The van der Waals surface area contributed by atoms with Crippen LogP contribution in [-0.4, -0.2) is 73.9 Å². The molecule has 2 aliphatic rings. The molecule has 1 amide bonds. The predicted molar refractivity (Wildman–Crippen MR) is 97.0 cm³/mol. The lowest BCUT2D eigenvalue weighted by Crippen LogP contribution is -2.51. The second kappa shape index (κ2) is 7.03. The zero-order valence-corrected chi connectivity index (χ0v) is 15.2. The first-order valence-electron chi connectivity index (χ1n) is 8.96. The van der Waals surface area contributed by atoms with Gasteiger partial charge >= 0.3 is 0 Å². The van der Waals surface area contributed by atoms with Gasteiger partial charge in [-0.25, -0.2) is 4.98 Å². The maximum Gasteiger partial charge on any atom is 0.251 e. The van der Waals surface area contributed by atoms with Crippen molar-refractivity contribution in [1.29, 1.82) is 0 Å². The summed E-state index contributed by atoms with van der Waals surface area (Å²) in [6.45, 7) is 3.55. The molecule has 26 heavy (non-hydrogen) atoms. The van der Waals surface area contributed by atoms with Crippen molar-refractivity contribution in [2.45, 2.75) is 18.9 Å². The van der Waals surface area contributed by atoms with Gasteiger partial charge in [-0.05, 0) is 12.8 Å². The first kappa shape index (κ1) is 17.0. The van der Waals surface area contributed by atoms with Gasteiger partial charge in [-0.1, -0.05) is 0 Å². The van der Waals surface area contributed by atoms with Gasteiger partial charge in [-0.15, -0.1) is 0 Å². The fraction of sp³-hybridized carbons (Fsp3) is 0.556. The van der Waals surface area contributed by atoms with Crippen LogP contribution in [0.1, 0.15) is 12.8 Å². The molecule has 8 heteroatoms. The topological polar surface area (TPSA) is 79.9 Å². The fourth-order valence-electron chi connectivity index (χ4n) is 3.59. The number of methoxy groups -OCH3 is 2. The van der Waals surface area contributed by atoms with Crippen LogP contribution in [0.5, 0.6) is 11.5 Å². The number of hydrogen-bond donors (Lipinski definition) is 1. The Morgan fingerprint density at radius 1 is 1.19 bits per heavy atom. The molecule has 0 aliphatic carbocycles. The largest absolute Gasteiger partial charge is 0.493 e. The lowest BCUT2D eigenvalue weighted by molar-refractivity contribution is -0.141. The van der Waals surface area contributed by atoms with Crippen LogP contribution in [0.15, 0.2) is 12.1 Å². The number of piperazine rings is 1. The number of nitrogens with zero attached hydrogens (tertiary/aromatic N) is 3. The van der Waals surface area contributed by atoms with Crippen molar-refractivity contribution in [3.05, 3.63) is 12.1 Å². The molecule has 8 nitrogen and oxygen atoms in total. The summed E-state index contributed by atoms with van der Waals surface area (Å²) in [7, 11) is 3.23. The Morgan fingerprint density at radius 2 is 1.92 bits per heavy atom. The van der Waals surface area contributed by atoms with Gasteiger partial charge in [0.1, 0.15) is 6.10 Å². The summed E-state index contributed by atoms with van der Waals surface area (Å²) in [6.07, 6.45) is 1.57. The number of carbonyl (C=O) groups is 1. The van der Waals surface area contributed by atoms with Crippen LogP contribution in [-0.2, 0) is 9.53 Å². The quantitative estimate of drug-likeness (QED) is 0.888. The van der Waals surface area contributed by atoms with Gasteiger partial charge in [0.05, 0.1) is 25.3 Å². The van der Waals surface area contributed by atoms with E-state index in [9.17, 15) is 4.79 Å². The van der Waals surface area contributed by atoms with E-state index in [0.717, 1.165) is 42.9 Å². The van der Waals surface area contributed by atoms with E-state index in [1.54, 1.807) is 14.2 Å². The number of imidazole rings is 1. The SMILES string of the molecule is COc1cc2nc(N3CCN(C(=O)C4CCCO4)CC3)[nH]c2cc1OC. The molecule has 0 spiro atoms. The van der Waals surface area contributed by atoms with Crippen molar-refractivity contribution in [3.63, 3.8) is 0 Å². The highest BCUT2D eigenvalue weighted by Crippen LogP contribution is 2.32. The molecule has 0 bridgehead atoms. The van der Waals surface area contributed by atoms with E-state index in [2.05, 4.69) is 14.9 Å². The first-order valence-corrected chi connectivity index (χ1v) is 8.96. The summed E-state index contributed by atoms with van der Waals surface area (Å²) in [4.78, 5) is 24.5. The molecule has 1 aromatic carbocycles. The van der Waals surface area contributed by atoms with Crippen molar-refractivity contribution in [2.24, 2.45) is 0 Å². The normalized spacial score (nSPS) is 20.6. The Kier molecular flexibility index (Phi) is 4.58. The van der Waals surface area contributed by atoms with E-state index in [4.69, 9.17) is 14.2 Å². The summed E-state index contributed by atoms with van der Waals surface area (Å²) >= 11 is 0. The lowest BCUT2D eigenvalue weighted by Gasteiger charge is -2.35. The highest BCUT2D eigenvalue weighted by atomic mass is 16.5. The predicted octanol–water partition coefficient (Wildman–Crippen LogP) is 1.41. The number of fused-ring (bicyclic) bond motifs is 1. The highest BCUT2D eigenvalue weighted by Gasteiger charge is 2.30. The van der Waals surface area contributed by atoms with E-state index in [-0.39, 0.29) is 12.0 Å². The molecule has 4 rings (SSSR count). The Balaban J connectivity index is 1.46. The van der Waals surface area contributed by atoms with Crippen molar-refractivity contribution in [1.82, 2.24) is 14.9 Å². The van der Waals surface area contributed by atoms with Gasteiger partial charge in [0.15, 0.2) is 11.5 Å². The zero-order valence-electron chi connectivity index (χ0n) is 15.2. The van der Waals surface area contributed by atoms with Crippen molar-refractivity contribution < 1.29 is 19.0 Å². The van der Waals surface area contributed by atoms with Gasteiger partial charge < -0.3 is 29.0 Å². The van der Waals surface area contributed by atoms with Crippen molar-refractivity contribution >= 4 is 22.9 Å². The van der Waals surface area contributed by atoms with Gasteiger partial charge in [0.25, 0.3) is 5.91 Å². The Morgan fingerprint density at radius 3 is 2.58 bits per heavy atom. The smallest absolute Gasteiger partial charge is 0.251 e. The second-order valence-electron chi connectivity index (χ2n) is 6.60. The summed E-state index contributed by atoms with van der Waals surface area (Å²) in [5.74, 6) is 2.26. The molecule has 140 valence electrons. The summed E-state index contributed by atoms with van der Waals surface area (Å²) in [6, 6.07) is 3.76. The van der Waals surface area contributed by atoms with Gasteiger partial charge in [0, 0.05) is 44.9 Å². The molecule has 0 radical (unpaired) electrons. The molecular formula is C18H24N4O4. The third-order valence-electron chi connectivity index (χ3n) is 5.07. The number of benzene rings is 1. The fourth-order valence-corrected chi connectivity index (χ4v) is 3.59. The molecule has 2 aliphatic heterocycles. The number of aromatic nitrogens is 2. The average molecular weight is 360 g/mol. The second-order valence-corrected chi connectivity index (χ2v) is 6.60. The Labute approximate surface area is 152 Å². The summed E-state index contributed by atoms with van der Waals surface area (Å²) in [5, 5.41) is 0. The van der Waals surface area contributed by atoms with Gasteiger partial charge in [0.2, 0.25) is 5.95 Å². The number of hydrogen-bond acceptors (Lipinski definition) is 6. The van der Waals surface area contributed by atoms with E-state index < -0.39 is 0 Å². The molecular weight excluding hydrogens is 336 g/mol. The molecule has 1 N–H and O–H groups in total. The Hall–Kier alpha value is -2.48. The maximum atomic E-state index is 12.5. The Bertz CT molecular complexity index is 751. The van der Waals surface area contributed by atoms with Crippen LogP contribution in [0.25, 0.3) is 11.0 Å². The van der Waals surface area contributed by atoms with Crippen LogP contribution >= 0.6 is 0 Å². The molecule has 1 atom stereocenters. The minimum atomic E-state index is -0.243. The van der Waals surface area contributed by atoms with Crippen LogP contribution < -0.4 is 14.4 Å². The van der Waals surface area contributed by atoms with Crippen LogP contribution in [0.3, 0.4) is 0 Å². The van der Waals surface area contributed by atoms with Gasteiger partial charge in [-0.3, -0.25) is 4.79 Å². The van der Waals surface area contributed by atoms with E-state index in [1.807, 2.05) is 17.0 Å². The molecule has 2 aromatic rings. The van der Waals surface area contributed by atoms with Crippen LogP contribution in [0.4, 0.5) is 5.95 Å². The third kappa shape index (κ3) is 3.05. The number of H-pyrrole nitrogens is 1. The maximum absolute atomic E-state index is 12.5. The molecule has 1 aromatic heterocycles. The summed E-state index contributed by atoms with van der Waals surface area (Å²) < 4.78 is 16.2. The number of aromatic amines is 1. The van der Waals surface area contributed by atoms with E-state index >= 15 is 0 Å². The first-order chi connectivity index (χ1) is 12.7. The lowest BCUT2D eigenvalue weighted by atomic mass is 10.2. The number of anilines is 1. The minimum absolute atomic E-state index is 0.126. The number of amides is 1. The number of nitrogens with one attached hydrogen (secondary N) is 1. The van der Waals surface area contributed by atoms with Gasteiger partial charge in [-0.2, -0.15) is 0 Å². The number of rotatable bonds is 4. The molecule has 2 fully saturated rings. The summed E-state index contributed by atoms with van der Waals surface area (Å²) in [5.41, 5.74) is 1.73. The van der Waals surface area contributed by atoms with Crippen molar-refractivity contribution in [2.75, 3.05) is 51.9 Å². The minimum Gasteiger partial charge on any atom is -0.493 e. The average Bonchev–Trinajstić information content (AvgIpc) is 3.35. The highest BCUT2D eigenvalue weighted by molar-refractivity contribution is 5.83. The van der Waals surface area contributed by atoms with E-state index in [0.29, 0.717) is 31.2 Å². The number of ether oxygens (including phenoxy) is 3. The monoisotopic (exact) mass is 360 g/mol. The standard InChI is InChI=1S/C18H24N4O4/c1-24-15-10-12-13(11-16(15)25-2)20-18(19-12)22-7-5-21(6-8-22)17(23)14-4-3-9-26-14/h10-11,14H,3-9H2,1-2H3,(H,19,20). The molecule has 0 saturated carbocycles. The van der Waals surface area contributed by atoms with Crippen molar-refractivity contribution in [3.8, 4) is 11.5 Å². The van der Waals surface area contributed by atoms with Crippen LogP contribution in [0.2, 0.25) is 0 Å². The third-order valence-corrected chi connectivity index (χ3v) is 5.07. The molecule has 2 saturated heterocycles.